The Balaban J connectivity index is 2.14. The van der Waals surface area contributed by atoms with Gasteiger partial charge in [0.25, 0.3) is 0 Å². The van der Waals surface area contributed by atoms with Gasteiger partial charge in [-0.25, -0.2) is 0 Å². The molecule has 0 amide bonds. The summed E-state index contributed by atoms with van der Waals surface area (Å²) >= 11 is 0. The van der Waals surface area contributed by atoms with Crippen molar-refractivity contribution in [2.75, 3.05) is 18.6 Å². The first-order chi connectivity index (χ1) is 10.6. The van der Waals surface area contributed by atoms with Gasteiger partial charge in [-0.05, 0) is 37.5 Å². The highest BCUT2D eigenvalue weighted by atomic mass is 16.5. The molecule has 0 heterocycles. The van der Waals surface area contributed by atoms with Crippen molar-refractivity contribution in [1.82, 2.24) is 5.32 Å². The Labute approximate surface area is 136 Å². The zero-order chi connectivity index (χ0) is 15.9. The quantitative estimate of drug-likeness (QED) is 0.810. The maximum Gasteiger partial charge on any atom is 0.142 e. The van der Waals surface area contributed by atoms with Gasteiger partial charge in [0, 0.05) is 25.7 Å². The summed E-state index contributed by atoms with van der Waals surface area (Å²) in [7, 11) is 2.22. The van der Waals surface area contributed by atoms with E-state index in [1.807, 2.05) is 0 Å². The Morgan fingerprint density at radius 3 is 2.59 bits per heavy atom. The molecule has 0 radical (unpaired) electrons. The monoisotopic (exact) mass is 304 g/mol. The van der Waals surface area contributed by atoms with Crippen molar-refractivity contribution in [1.29, 1.82) is 0 Å². The molecule has 1 fully saturated rings. The molecule has 22 heavy (non-hydrogen) atoms. The molecule has 0 atom stereocenters. The number of hydrogen-bond donors (Lipinski definition) is 1. The molecule has 0 aromatic heterocycles. The summed E-state index contributed by atoms with van der Waals surface area (Å²) in [6.45, 7) is 8.02. The predicted octanol–water partition coefficient (Wildman–Crippen LogP) is 4.35. The molecule has 1 aromatic carbocycles. The van der Waals surface area contributed by atoms with Crippen LogP contribution in [0.5, 0.6) is 5.75 Å². The standard InChI is InChI=1S/C19H32N2O/c1-5-22-19-13-16(14-20-15(2)3)11-12-18(19)21(4)17-9-7-6-8-10-17/h11-13,15,17,20H,5-10,14H2,1-4H3. The minimum Gasteiger partial charge on any atom is -0.492 e. The molecule has 1 aromatic rings. The number of hydrogen-bond acceptors (Lipinski definition) is 3. The summed E-state index contributed by atoms with van der Waals surface area (Å²) < 4.78 is 5.93. The molecule has 0 spiro atoms. The molecule has 0 unspecified atom stereocenters. The Bertz CT molecular complexity index is 453. The van der Waals surface area contributed by atoms with E-state index in [1.165, 1.54) is 43.4 Å². The van der Waals surface area contributed by atoms with Crippen LogP contribution >= 0.6 is 0 Å². The van der Waals surface area contributed by atoms with Gasteiger partial charge in [-0.2, -0.15) is 0 Å². The fourth-order valence-electron chi connectivity index (χ4n) is 3.22. The first-order valence-corrected chi connectivity index (χ1v) is 8.83. The van der Waals surface area contributed by atoms with Crippen LogP contribution in [0.3, 0.4) is 0 Å². The molecule has 1 saturated carbocycles. The lowest BCUT2D eigenvalue weighted by atomic mass is 9.94. The highest BCUT2D eigenvalue weighted by molar-refractivity contribution is 5.60. The van der Waals surface area contributed by atoms with Gasteiger partial charge in [-0.3, -0.25) is 0 Å². The zero-order valence-electron chi connectivity index (χ0n) is 14.7. The fraction of sp³-hybridized carbons (Fsp3) is 0.684. The molecule has 0 aliphatic heterocycles. The van der Waals surface area contributed by atoms with E-state index in [0.29, 0.717) is 18.7 Å². The highest BCUT2D eigenvalue weighted by Gasteiger charge is 2.21. The summed E-state index contributed by atoms with van der Waals surface area (Å²) in [5.74, 6) is 1.03. The van der Waals surface area contributed by atoms with Crippen LogP contribution in [0.25, 0.3) is 0 Å². The Hall–Kier alpha value is -1.22. The van der Waals surface area contributed by atoms with Crippen LogP contribution in [-0.2, 0) is 6.54 Å². The van der Waals surface area contributed by atoms with Crippen LogP contribution in [0.1, 0.15) is 58.4 Å². The lowest BCUT2D eigenvalue weighted by molar-refractivity contribution is 0.337. The molecule has 3 nitrogen and oxygen atoms in total. The highest BCUT2D eigenvalue weighted by Crippen LogP contribution is 2.33. The van der Waals surface area contributed by atoms with E-state index in [-0.39, 0.29) is 0 Å². The van der Waals surface area contributed by atoms with E-state index >= 15 is 0 Å². The topological polar surface area (TPSA) is 24.5 Å². The molecule has 1 N–H and O–H groups in total. The first kappa shape index (κ1) is 17.1. The SMILES string of the molecule is CCOc1cc(CNC(C)C)ccc1N(C)C1CCCCC1. The number of ether oxygens (including phenoxy) is 1. The molecular weight excluding hydrogens is 272 g/mol. The van der Waals surface area contributed by atoms with Crippen LogP contribution in [-0.4, -0.2) is 25.7 Å². The van der Waals surface area contributed by atoms with Crippen molar-refractivity contribution in [2.45, 2.75) is 71.5 Å². The maximum absolute atomic E-state index is 5.93. The van der Waals surface area contributed by atoms with Gasteiger partial charge >= 0.3 is 0 Å². The van der Waals surface area contributed by atoms with Crippen molar-refractivity contribution >= 4 is 5.69 Å². The molecule has 124 valence electrons. The maximum atomic E-state index is 5.93. The van der Waals surface area contributed by atoms with Gasteiger partial charge in [0.05, 0.1) is 12.3 Å². The van der Waals surface area contributed by atoms with E-state index in [2.05, 4.69) is 56.2 Å². The lowest BCUT2D eigenvalue weighted by Gasteiger charge is -2.34. The second-order valence-corrected chi connectivity index (χ2v) is 6.67. The largest absolute Gasteiger partial charge is 0.492 e. The number of anilines is 1. The van der Waals surface area contributed by atoms with E-state index in [9.17, 15) is 0 Å². The molecule has 1 aliphatic carbocycles. The van der Waals surface area contributed by atoms with Gasteiger partial charge in [-0.1, -0.05) is 39.2 Å². The van der Waals surface area contributed by atoms with Crippen molar-refractivity contribution in [3.05, 3.63) is 23.8 Å². The van der Waals surface area contributed by atoms with Crippen LogP contribution < -0.4 is 15.0 Å². The minimum absolute atomic E-state index is 0.500. The number of benzene rings is 1. The van der Waals surface area contributed by atoms with Gasteiger partial charge < -0.3 is 15.0 Å². The van der Waals surface area contributed by atoms with Gasteiger partial charge in [0.2, 0.25) is 0 Å². The molecule has 0 bridgehead atoms. The molecular formula is C19H32N2O. The number of nitrogens with zero attached hydrogens (tertiary/aromatic N) is 1. The summed E-state index contributed by atoms with van der Waals surface area (Å²) in [4.78, 5) is 2.43. The van der Waals surface area contributed by atoms with Gasteiger partial charge in [0.1, 0.15) is 5.75 Å². The Morgan fingerprint density at radius 2 is 1.95 bits per heavy atom. The van der Waals surface area contributed by atoms with Gasteiger partial charge in [-0.15, -0.1) is 0 Å². The van der Waals surface area contributed by atoms with Crippen LogP contribution in [0.4, 0.5) is 5.69 Å². The van der Waals surface area contributed by atoms with Crippen molar-refractivity contribution < 1.29 is 4.74 Å². The van der Waals surface area contributed by atoms with E-state index in [1.54, 1.807) is 0 Å². The van der Waals surface area contributed by atoms with Gasteiger partial charge in [0.15, 0.2) is 0 Å². The Kier molecular flexibility index (Phi) is 6.56. The molecule has 2 rings (SSSR count). The average Bonchev–Trinajstić information content (AvgIpc) is 2.53. The van der Waals surface area contributed by atoms with E-state index in [0.717, 1.165) is 12.3 Å². The fourth-order valence-corrected chi connectivity index (χ4v) is 3.22. The van der Waals surface area contributed by atoms with Crippen molar-refractivity contribution in [3.63, 3.8) is 0 Å². The predicted molar refractivity (Wildman–Crippen MR) is 94.9 cm³/mol. The Morgan fingerprint density at radius 1 is 1.23 bits per heavy atom. The zero-order valence-corrected chi connectivity index (χ0v) is 14.7. The third-order valence-electron chi connectivity index (χ3n) is 4.54. The second kappa shape index (κ2) is 8.42. The lowest BCUT2D eigenvalue weighted by Crippen LogP contribution is -2.33. The van der Waals surface area contributed by atoms with Crippen molar-refractivity contribution in [2.24, 2.45) is 0 Å². The van der Waals surface area contributed by atoms with Crippen LogP contribution in [0.2, 0.25) is 0 Å². The molecule has 1 aliphatic rings. The molecule has 3 heteroatoms. The minimum atomic E-state index is 0.500. The third kappa shape index (κ3) is 4.64. The van der Waals surface area contributed by atoms with Crippen molar-refractivity contribution in [3.8, 4) is 5.75 Å². The summed E-state index contributed by atoms with van der Waals surface area (Å²) in [5, 5.41) is 3.47. The summed E-state index contributed by atoms with van der Waals surface area (Å²) in [6.07, 6.45) is 6.71. The average molecular weight is 304 g/mol. The smallest absolute Gasteiger partial charge is 0.142 e. The van der Waals surface area contributed by atoms with E-state index in [4.69, 9.17) is 4.74 Å². The number of rotatable bonds is 7. The summed E-state index contributed by atoms with van der Waals surface area (Å²) in [6, 6.07) is 7.82. The summed E-state index contributed by atoms with van der Waals surface area (Å²) in [5.41, 5.74) is 2.53. The number of nitrogens with one attached hydrogen (secondary N) is 1. The first-order valence-electron chi connectivity index (χ1n) is 8.83. The third-order valence-corrected chi connectivity index (χ3v) is 4.54. The molecule has 0 saturated heterocycles. The second-order valence-electron chi connectivity index (χ2n) is 6.67. The van der Waals surface area contributed by atoms with Crippen LogP contribution in [0.15, 0.2) is 18.2 Å². The van der Waals surface area contributed by atoms with E-state index < -0.39 is 0 Å². The normalized spacial score (nSPS) is 16.0. The van der Waals surface area contributed by atoms with Crippen LogP contribution in [0, 0.1) is 0 Å².